The second-order valence-electron chi connectivity index (χ2n) is 7.62. The third kappa shape index (κ3) is 5.41. The summed E-state index contributed by atoms with van der Waals surface area (Å²) in [4.78, 5) is 17.0. The first-order valence-electron chi connectivity index (χ1n) is 9.88. The molecule has 2 aliphatic heterocycles. The van der Waals surface area contributed by atoms with Gasteiger partial charge in [0.25, 0.3) is 0 Å². The number of ether oxygens (including phenoxy) is 1. The number of hydrogen-bond acceptors (Lipinski definition) is 4. The molecular weight excluding hydrogens is 338 g/mol. The van der Waals surface area contributed by atoms with Crippen molar-refractivity contribution in [2.24, 2.45) is 5.92 Å². The Morgan fingerprint density at radius 1 is 1.20 bits per heavy atom. The molecular formula is C18H33N3O3S. The van der Waals surface area contributed by atoms with E-state index in [1.54, 1.807) is 0 Å². The number of amides is 2. The van der Waals surface area contributed by atoms with Gasteiger partial charge in [0.2, 0.25) is 0 Å². The Hall–Kier alpha value is -0.660. The Bertz CT molecular complexity index is 462. The maximum atomic E-state index is 12.6. The molecule has 0 aromatic heterocycles. The van der Waals surface area contributed by atoms with Crippen LogP contribution < -0.4 is 5.32 Å². The molecule has 2 amide bonds. The molecule has 7 heteroatoms. The highest BCUT2D eigenvalue weighted by molar-refractivity contribution is 7.85. The Labute approximate surface area is 154 Å². The van der Waals surface area contributed by atoms with Crippen molar-refractivity contribution in [1.29, 1.82) is 0 Å². The van der Waals surface area contributed by atoms with Gasteiger partial charge in [-0.3, -0.25) is 9.11 Å². The molecule has 1 saturated carbocycles. The van der Waals surface area contributed by atoms with Crippen LogP contribution >= 0.6 is 0 Å². The summed E-state index contributed by atoms with van der Waals surface area (Å²) in [6, 6.07) is 0.257. The number of urea groups is 1. The fourth-order valence-corrected chi connectivity index (χ4v) is 5.59. The Balaban J connectivity index is 1.39. The van der Waals surface area contributed by atoms with Gasteiger partial charge in [0.05, 0.1) is 6.61 Å². The van der Waals surface area contributed by atoms with Crippen LogP contribution in [0.2, 0.25) is 0 Å². The molecule has 1 aliphatic carbocycles. The van der Waals surface area contributed by atoms with E-state index in [1.165, 1.54) is 6.42 Å². The van der Waals surface area contributed by atoms with Crippen LogP contribution in [0, 0.1) is 5.92 Å². The van der Waals surface area contributed by atoms with Crippen molar-refractivity contribution in [2.75, 3.05) is 51.7 Å². The third-order valence-electron chi connectivity index (χ3n) is 5.81. The van der Waals surface area contributed by atoms with Gasteiger partial charge in [-0.25, -0.2) is 4.79 Å². The number of carbonyl (C=O) groups is 1. The Morgan fingerprint density at radius 3 is 2.68 bits per heavy atom. The Morgan fingerprint density at radius 2 is 2.00 bits per heavy atom. The number of nitrogens with one attached hydrogen (secondary N) is 1. The predicted molar refractivity (Wildman–Crippen MR) is 100 cm³/mol. The lowest BCUT2D eigenvalue weighted by Gasteiger charge is -2.37. The van der Waals surface area contributed by atoms with E-state index in [1.807, 2.05) is 11.8 Å². The van der Waals surface area contributed by atoms with Gasteiger partial charge in [-0.15, -0.1) is 0 Å². The summed E-state index contributed by atoms with van der Waals surface area (Å²) in [5.74, 6) is 1.39. The van der Waals surface area contributed by atoms with Crippen LogP contribution in [0.15, 0.2) is 0 Å². The van der Waals surface area contributed by atoms with E-state index in [4.69, 9.17) is 4.74 Å². The summed E-state index contributed by atoms with van der Waals surface area (Å²) in [6.45, 7) is 8.39. The smallest absolute Gasteiger partial charge is 0.317 e. The monoisotopic (exact) mass is 371 g/mol. The lowest BCUT2D eigenvalue weighted by molar-refractivity contribution is 0.117. The van der Waals surface area contributed by atoms with Crippen LogP contribution in [-0.4, -0.2) is 83.0 Å². The van der Waals surface area contributed by atoms with Crippen molar-refractivity contribution >= 4 is 16.8 Å². The molecule has 3 fully saturated rings. The lowest BCUT2D eigenvalue weighted by atomic mass is 9.95. The van der Waals surface area contributed by atoms with Gasteiger partial charge in [0.1, 0.15) is 0 Å². The first-order valence-corrected chi connectivity index (χ1v) is 11.3. The molecule has 2 saturated heterocycles. The van der Waals surface area contributed by atoms with E-state index in [0.717, 1.165) is 77.4 Å². The minimum absolute atomic E-state index is 0.0665. The van der Waals surface area contributed by atoms with E-state index in [9.17, 15) is 9.00 Å². The van der Waals surface area contributed by atoms with E-state index < -0.39 is 10.8 Å². The molecule has 0 radical (unpaired) electrons. The molecule has 0 aromatic rings. The predicted octanol–water partition coefficient (Wildman–Crippen LogP) is 1.43. The first kappa shape index (κ1) is 19.1. The highest BCUT2D eigenvalue weighted by Crippen LogP contribution is 2.23. The van der Waals surface area contributed by atoms with Gasteiger partial charge in [0, 0.05) is 67.2 Å². The van der Waals surface area contributed by atoms with Gasteiger partial charge in [0.15, 0.2) is 0 Å². The Kier molecular flexibility index (Phi) is 7.13. The van der Waals surface area contributed by atoms with Crippen LogP contribution in [0.5, 0.6) is 0 Å². The van der Waals surface area contributed by atoms with Gasteiger partial charge in [-0.2, -0.15) is 0 Å². The third-order valence-corrected chi connectivity index (χ3v) is 7.55. The summed E-state index contributed by atoms with van der Waals surface area (Å²) in [5, 5.41) is 3.46. The summed E-state index contributed by atoms with van der Waals surface area (Å²) in [6.07, 6.45) is 5.16. The SMILES string of the molecule is CC[S@](=O)[C@@H]1CCC[C@@H](NC(=O)N2CCN(C[C@H]3CCOC3)CC2)C1. The standard InChI is InChI=1S/C18H33N3O3S/c1-2-25(23)17-5-3-4-16(12-17)19-18(22)21-9-7-20(8-10-21)13-15-6-11-24-14-15/h15-17H,2-14H2,1H3,(H,19,22)/t15-,16-,17-,25+/m1/s1. The number of rotatable bonds is 5. The molecule has 144 valence electrons. The van der Waals surface area contributed by atoms with Crippen molar-refractivity contribution in [3.63, 3.8) is 0 Å². The highest BCUT2D eigenvalue weighted by Gasteiger charge is 2.29. The van der Waals surface area contributed by atoms with E-state index in [0.29, 0.717) is 5.92 Å². The van der Waals surface area contributed by atoms with Crippen molar-refractivity contribution in [3.8, 4) is 0 Å². The molecule has 3 aliphatic rings. The molecule has 4 atom stereocenters. The summed E-state index contributed by atoms with van der Waals surface area (Å²) in [5.41, 5.74) is 0. The zero-order valence-electron chi connectivity index (χ0n) is 15.5. The van der Waals surface area contributed by atoms with Crippen molar-refractivity contribution in [3.05, 3.63) is 0 Å². The minimum Gasteiger partial charge on any atom is -0.381 e. The molecule has 1 N–H and O–H groups in total. The lowest BCUT2D eigenvalue weighted by Crippen LogP contribution is -2.54. The van der Waals surface area contributed by atoms with Crippen LogP contribution in [-0.2, 0) is 15.5 Å². The average Bonchev–Trinajstić information content (AvgIpc) is 3.15. The van der Waals surface area contributed by atoms with E-state index in [-0.39, 0.29) is 17.3 Å². The van der Waals surface area contributed by atoms with Crippen molar-refractivity contribution in [1.82, 2.24) is 15.1 Å². The second-order valence-corrected chi connectivity index (χ2v) is 9.63. The van der Waals surface area contributed by atoms with Crippen LogP contribution in [0.1, 0.15) is 39.0 Å². The molecule has 3 rings (SSSR count). The fourth-order valence-electron chi connectivity index (χ4n) is 4.24. The van der Waals surface area contributed by atoms with E-state index >= 15 is 0 Å². The molecule has 0 spiro atoms. The van der Waals surface area contributed by atoms with Gasteiger partial charge < -0.3 is 15.0 Å². The van der Waals surface area contributed by atoms with E-state index in [2.05, 4.69) is 10.2 Å². The molecule has 2 heterocycles. The summed E-state index contributed by atoms with van der Waals surface area (Å²) >= 11 is 0. The number of nitrogens with zero attached hydrogens (tertiary/aromatic N) is 2. The molecule has 0 aromatic carbocycles. The number of carbonyl (C=O) groups excluding carboxylic acids is 1. The maximum absolute atomic E-state index is 12.6. The van der Waals surface area contributed by atoms with Crippen molar-refractivity contribution < 1.29 is 13.7 Å². The quantitative estimate of drug-likeness (QED) is 0.794. The first-order chi connectivity index (χ1) is 12.2. The zero-order chi connectivity index (χ0) is 17.6. The zero-order valence-corrected chi connectivity index (χ0v) is 16.3. The molecule has 25 heavy (non-hydrogen) atoms. The summed E-state index contributed by atoms with van der Waals surface area (Å²) < 4.78 is 17.5. The number of piperazine rings is 1. The van der Waals surface area contributed by atoms with Crippen LogP contribution in [0.25, 0.3) is 0 Å². The number of hydrogen-bond donors (Lipinski definition) is 1. The van der Waals surface area contributed by atoms with Gasteiger partial charge >= 0.3 is 6.03 Å². The van der Waals surface area contributed by atoms with Crippen LogP contribution in [0.4, 0.5) is 4.79 Å². The molecule has 6 nitrogen and oxygen atoms in total. The minimum atomic E-state index is -0.743. The molecule has 0 bridgehead atoms. The normalized spacial score (nSPS) is 32.5. The van der Waals surface area contributed by atoms with Gasteiger partial charge in [-0.05, 0) is 31.6 Å². The van der Waals surface area contributed by atoms with Gasteiger partial charge in [-0.1, -0.05) is 13.3 Å². The van der Waals surface area contributed by atoms with Crippen molar-refractivity contribution in [2.45, 2.75) is 50.3 Å². The fraction of sp³-hybridized carbons (Fsp3) is 0.944. The topological polar surface area (TPSA) is 61.9 Å². The summed E-state index contributed by atoms with van der Waals surface area (Å²) in [7, 11) is -0.743. The maximum Gasteiger partial charge on any atom is 0.317 e. The molecule has 0 unspecified atom stereocenters. The average molecular weight is 372 g/mol. The largest absolute Gasteiger partial charge is 0.381 e. The highest BCUT2D eigenvalue weighted by atomic mass is 32.2. The second kappa shape index (κ2) is 9.33. The van der Waals surface area contributed by atoms with Crippen LogP contribution in [0.3, 0.4) is 0 Å².